The summed E-state index contributed by atoms with van der Waals surface area (Å²) in [6.07, 6.45) is -0.822. The number of carbonyl (C=O) groups excluding carboxylic acids is 1. The molecule has 4 atom stereocenters. The molecule has 2 bridgehead atoms. The number of nitrogens with zero attached hydrogens (tertiary/aromatic N) is 8. The third-order valence-electron chi connectivity index (χ3n) is 5.78. The van der Waals surface area contributed by atoms with Crippen LogP contribution in [0, 0.1) is 0 Å². The lowest BCUT2D eigenvalue weighted by atomic mass is 10.2. The van der Waals surface area contributed by atoms with E-state index >= 15 is 0 Å². The van der Waals surface area contributed by atoms with Crippen molar-refractivity contribution in [3.63, 3.8) is 0 Å². The largest absolute Gasteiger partial charge is 0.508 e. The number of nitrogens with two attached hydrogens (primary N) is 1. The average molecular weight is 566 g/mol. The Morgan fingerprint density at radius 1 is 1.21 bits per heavy atom. The third-order valence-corrected chi connectivity index (χ3v) is 7.40. The predicted molar refractivity (Wildman–Crippen MR) is 128 cm³/mol. The number of thiol groups is 1. The molecular formula is C18H19N10O8PS. The van der Waals surface area contributed by atoms with Crippen molar-refractivity contribution in [1.29, 1.82) is 0 Å². The number of cyclic esters (lactones) is 2. The van der Waals surface area contributed by atoms with Crippen LogP contribution in [0.25, 0.3) is 22.3 Å². The van der Waals surface area contributed by atoms with E-state index in [-0.39, 0.29) is 49.9 Å². The summed E-state index contributed by atoms with van der Waals surface area (Å²) in [5, 5.41) is 7.78. The molecule has 2 aliphatic rings. The smallest absolute Gasteiger partial charge is 0.432 e. The number of hydrogen-bond acceptors (Lipinski definition) is 15. The molecule has 1 saturated heterocycles. The zero-order chi connectivity index (χ0) is 26.4. The summed E-state index contributed by atoms with van der Waals surface area (Å²) in [6.45, 7) is -4.44. The minimum atomic E-state index is -4.04. The molecule has 20 heteroatoms. The van der Waals surface area contributed by atoms with Crippen LogP contribution in [0.2, 0.25) is 0 Å². The normalized spacial score (nSPS) is 26.9. The monoisotopic (exact) mass is 566 g/mol. The molecule has 38 heavy (non-hydrogen) atoms. The van der Waals surface area contributed by atoms with E-state index in [0.29, 0.717) is 17.0 Å². The molecule has 0 amide bonds. The molecule has 4 aromatic heterocycles. The maximum atomic E-state index is 13.3. The Hall–Kier alpha value is -3.64. The summed E-state index contributed by atoms with van der Waals surface area (Å²) in [6, 6.07) is 0. The maximum Gasteiger partial charge on any atom is 0.508 e. The van der Waals surface area contributed by atoms with Gasteiger partial charge in [0.2, 0.25) is 5.95 Å². The first-order valence-electron chi connectivity index (χ1n) is 11.1. The summed E-state index contributed by atoms with van der Waals surface area (Å²) in [4.78, 5) is 43.4. The van der Waals surface area contributed by atoms with Crippen molar-refractivity contribution in [3.05, 3.63) is 28.7 Å². The molecule has 6 rings (SSSR count). The van der Waals surface area contributed by atoms with Crippen LogP contribution in [0.15, 0.2) is 17.3 Å². The van der Waals surface area contributed by atoms with Gasteiger partial charge in [0, 0.05) is 6.42 Å². The third kappa shape index (κ3) is 4.69. The van der Waals surface area contributed by atoms with Crippen molar-refractivity contribution in [1.82, 2.24) is 44.5 Å². The van der Waals surface area contributed by atoms with Gasteiger partial charge in [-0.15, -0.1) is 5.10 Å². The van der Waals surface area contributed by atoms with Crippen LogP contribution < -0.4 is 11.3 Å². The molecule has 18 nitrogen and oxygen atoms in total. The van der Waals surface area contributed by atoms with Gasteiger partial charge in [-0.1, -0.05) is 17.5 Å². The van der Waals surface area contributed by atoms with Crippen molar-refractivity contribution >= 4 is 53.5 Å². The zero-order valence-electron chi connectivity index (χ0n) is 19.2. The summed E-state index contributed by atoms with van der Waals surface area (Å²) in [7, 11) is 0. The van der Waals surface area contributed by atoms with Gasteiger partial charge in [-0.3, -0.25) is 18.8 Å². The van der Waals surface area contributed by atoms with Gasteiger partial charge >= 0.3 is 13.0 Å². The van der Waals surface area contributed by atoms with Crippen molar-refractivity contribution in [2.24, 2.45) is 0 Å². The van der Waals surface area contributed by atoms with Crippen molar-refractivity contribution < 1.29 is 32.6 Å². The number of fused-ring (bicyclic) bond motifs is 6. The van der Waals surface area contributed by atoms with Gasteiger partial charge in [-0.2, -0.15) is 9.67 Å². The lowest BCUT2D eigenvalue weighted by Crippen LogP contribution is -2.24. The minimum Gasteiger partial charge on any atom is -0.432 e. The Balaban J connectivity index is 1.33. The van der Waals surface area contributed by atoms with E-state index in [4.69, 9.17) is 29.0 Å². The Kier molecular flexibility index (Phi) is 6.23. The lowest BCUT2D eigenvalue weighted by Gasteiger charge is -2.22. The highest BCUT2D eigenvalue weighted by Gasteiger charge is 2.43. The van der Waals surface area contributed by atoms with Crippen LogP contribution in [-0.4, -0.2) is 76.1 Å². The summed E-state index contributed by atoms with van der Waals surface area (Å²) >= 11 is 4.14. The zero-order valence-corrected chi connectivity index (χ0v) is 21.0. The Morgan fingerprint density at radius 3 is 2.95 bits per heavy atom. The fourth-order valence-electron chi connectivity index (χ4n) is 4.20. The minimum absolute atomic E-state index is 0.00461. The van der Waals surface area contributed by atoms with E-state index < -0.39 is 36.9 Å². The first kappa shape index (κ1) is 24.7. The Bertz CT molecular complexity index is 1640. The number of carbonyl (C=O) groups is 1. The van der Waals surface area contributed by atoms with E-state index in [1.807, 2.05) is 0 Å². The molecule has 0 aliphatic carbocycles. The highest BCUT2D eigenvalue weighted by Crippen LogP contribution is 2.57. The molecule has 2 aliphatic heterocycles. The SMILES string of the molecule is Nc1nc2c(nnn2[C@@H]2O[C@@H]3COC(=O)OCCn4c(nc5cncnc54)COP(=O)(S)O[C@@H]2C3)c(=O)[nH]1. The van der Waals surface area contributed by atoms with Gasteiger partial charge in [0.1, 0.15) is 43.6 Å². The summed E-state index contributed by atoms with van der Waals surface area (Å²) in [5.74, 6) is 0.151. The highest BCUT2D eigenvalue weighted by molar-refractivity contribution is 8.44. The second-order valence-corrected chi connectivity index (χ2v) is 11.1. The number of ether oxygens (including phenoxy) is 3. The number of hydrogen-bond donors (Lipinski definition) is 3. The first-order valence-corrected chi connectivity index (χ1v) is 13.8. The Labute approximate surface area is 216 Å². The summed E-state index contributed by atoms with van der Waals surface area (Å²) < 4.78 is 43.8. The highest BCUT2D eigenvalue weighted by atomic mass is 32.7. The molecule has 4 aromatic rings. The van der Waals surface area contributed by atoms with Crippen molar-refractivity contribution in [2.45, 2.75) is 38.0 Å². The molecule has 1 unspecified atom stereocenters. The number of H-pyrrole nitrogens is 1. The van der Waals surface area contributed by atoms with Crippen LogP contribution in [-0.2, 0) is 41.0 Å². The number of aromatic nitrogens is 9. The van der Waals surface area contributed by atoms with Crippen LogP contribution in [0.3, 0.4) is 0 Å². The second-order valence-electron chi connectivity index (χ2n) is 8.25. The van der Waals surface area contributed by atoms with Gasteiger partial charge < -0.3 is 24.5 Å². The van der Waals surface area contributed by atoms with Gasteiger partial charge in [-0.05, 0) is 0 Å². The fourth-order valence-corrected chi connectivity index (χ4v) is 5.60. The van der Waals surface area contributed by atoms with Crippen LogP contribution in [0.1, 0.15) is 18.5 Å². The van der Waals surface area contributed by atoms with E-state index in [1.54, 1.807) is 4.57 Å². The van der Waals surface area contributed by atoms with Gasteiger partial charge in [0.05, 0.1) is 18.8 Å². The molecule has 1 fully saturated rings. The summed E-state index contributed by atoms with van der Waals surface area (Å²) in [5.41, 5.74) is 5.89. The fraction of sp³-hybridized carbons (Fsp3) is 0.444. The molecule has 200 valence electrons. The molecule has 0 radical (unpaired) electrons. The van der Waals surface area contributed by atoms with Crippen LogP contribution in [0.4, 0.5) is 10.7 Å². The van der Waals surface area contributed by atoms with Gasteiger partial charge in [0.25, 0.3) is 5.56 Å². The molecule has 3 N–H and O–H groups in total. The topological polar surface area (TPSA) is 226 Å². The Morgan fingerprint density at radius 2 is 2.08 bits per heavy atom. The number of aromatic amines is 1. The van der Waals surface area contributed by atoms with E-state index in [2.05, 4.69) is 47.5 Å². The maximum absolute atomic E-state index is 13.3. The standard InChI is InChI=1S/C18H19N10O8PS/c19-17-23-14-12(15(29)24-17)25-26-28(14)16-10-3-8(35-16)5-33-18(30)32-2-1-27-11(6-34-37(31,38)36-10)22-9-4-20-7-21-13(9)27/h4,7-8,10,16H,1-3,5-6H2,(H,31,38)(H3,19,23,24,29)/t8-,10+,16+,37?/m0/s1. The first-order chi connectivity index (χ1) is 18.3. The quantitative estimate of drug-likeness (QED) is 0.160. The number of nitrogen functional groups attached to an aromatic ring is 1. The number of rotatable bonds is 1. The van der Waals surface area contributed by atoms with Crippen molar-refractivity contribution in [3.8, 4) is 0 Å². The number of imidazole rings is 1. The molecule has 0 spiro atoms. The second kappa shape index (κ2) is 9.59. The van der Waals surface area contributed by atoms with Crippen LogP contribution in [0.5, 0.6) is 0 Å². The van der Waals surface area contributed by atoms with Gasteiger partial charge in [-0.25, -0.2) is 24.3 Å². The number of nitrogens with one attached hydrogen (secondary N) is 1. The van der Waals surface area contributed by atoms with Gasteiger partial charge in [0.15, 0.2) is 23.0 Å². The predicted octanol–water partition coefficient (Wildman–Crippen LogP) is 0.331. The average Bonchev–Trinajstić information content (AvgIpc) is 3.56. The number of anilines is 1. The van der Waals surface area contributed by atoms with E-state index in [9.17, 15) is 14.2 Å². The van der Waals surface area contributed by atoms with E-state index in [0.717, 1.165) is 0 Å². The molecule has 0 saturated carbocycles. The van der Waals surface area contributed by atoms with Crippen molar-refractivity contribution in [2.75, 3.05) is 18.9 Å². The van der Waals surface area contributed by atoms with E-state index in [1.165, 1.54) is 17.2 Å². The van der Waals surface area contributed by atoms with Crippen LogP contribution >= 0.6 is 19.0 Å². The molecule has 6 heterocycles. The molecule has 0 aromatic carbocycles. The molecular weight excluding hydrogens is 547 g/mol. The lowest BCUT2D eigenvalue weighted by molar-refractivity contribution is -0.0604.